The van der Waals surface area contributed by atoms with Crippen molar-refractivity contribution in [3.63, 3.8) is 0 Å². The molecule has 2 atom stereocenters. The normalized spacial score (nSPS) is 24.9. The summed E-state index contributed by atoms with van der Waals surface area (Å²) in [4.78, 5) is 0. The highest BCUT2D eigenvalue weighted by Gasteiger charge is 2.49. The van der Waals surface area contributed by atoms with Crippen molar-refractivity contribution in [2.45, 2.75) is 51.7 Å². The second kappa shape index (κ2) is 6.96. The van der Waals surface area contributed by atoms with Gasteiger partial charge in [0.15, 0.2) is 0 Å². The minimum atomic E-state index is -3.18. The number of hydrogen-bond acceptors (Lipinski definition) is 4. The van der Waals surface area contributed by atoms with Crippen LogP contribution >= 0.6 is 0 Å². The molecule has 148 valence electrons. The third-order valence-corrected chi connectivity index (χ3v) is 6.77. The lowest BCUT2D eigenvalue weighted by molar-refractivity contribution is 0.215. The first kappa shape index (κ1) is 19.9. The Morgan fingerprint density at radius 3 is 2.41 bits per heavy atom. The molecule has 1 aliphatic rings. The highest BCUT2D eigenvalue weighted by molar-refractivity contribution is 7.88. The summed E-state index contributed by atoms with van der Waals surface area (Å²) in [6.45, 7) is 6.90. The lowest BCUT2D eigenvalue weighted by Crippen LogP contribution is -2.51. The molecule has 0 spiro atoms. The molecule has 1 aromatic heterocycles. The van der Waals surface area contributed by atoms with Crippen LogP contribution < -0.4 is 15.8 Å². The number of sulfonamides is 1. The van der Waals surface area contributed by atoms with Gasteiger partial charge >= 0.3 is 0 Å². The van der Waals surface area contributed by atoms with Gasteiger partial charge in [-0.25, -0.2) is 13.1 Å². The molecule has 0 amide bonds. The average molecular weight is 391 g/mol. The number of hydrogen-bond donors (Lipinski definition) is 3. The lowest BCUT2D eigenvalue weighted by atomic mass is 9.75. The van der Waals surface area contributed by atoms with E-state index in [1.807, 2.05) is 30.5 Å². The molecule has 0 aliphatic heterocycles. The van der Waals surface area contributed by atoms with Crippen LogP contribution in [0.15, 0.2) is 42.7 Å². The third kappa shape index (κ3) is 4.36. The van der Waals surface area contributed by atoms with Gasteiger partial charge in [0.05, 0.1) is 11.9 Å². The summed E-state index contributed by atoms with van der Waals surface area (Å²) in [5.41, 5.74) is 9.35. The maximum Gasteiger partial charge on any atom is 0.209 e. The third-order valence-electron chi connectivity index (χ3n) is 6.10. The number of nitrogens with one attached hydrogen (secondary N) is 2. The van der Waals surface area contributed by atoms with Crippen LogP contribution in [0.1, 0.15) is 39.2 Å². The molecule has 1 aromatic carbocycles. The fourth-order valence-corrected chi connectivity index (χ4v) is 4.05. The number of rotatable bonds is 6. The molecular weight excluding hydrogens is 360 g/mol. The van der Waals surface area contributed by atoms with Crippen LogP contribution in [0.25, 0.3) is 5.69 Å². The molecule has 6 nitrogen and oxygen atoms in total. The van der Waals surface area contributed by atoms with E-state index in [1.54, 1.807) is 0 Å². The second-order valence-electron chi connectivity index (χ2n) is 8.44. The first-order valence-electron chi connectivity index (χ1n) is 9.25. The number of nitrogens with two attached hydrogens (primary N) is 1. The summed E-state index contributed by atoms with van der Waals surface area (Å²) >= 11 is 0. The van der Waals surface area contributed by atoms with Crippen LogP contribution in [0.2, 0.25) is 0 Å². The van der Waals surface area contributed by atoms with E-state index in [-0.39, 0.29) is 11.0 Å². The minimum absolute atomic E-state index is 0.0172. The van der Waals surface area contributed by atoms with Crippen molar-refractivity contribution in [2.75, 3.05) is 11.6 Å². The predicted octanol–water partition coefficient (Wildman–Crippen LogP) is 2.84. The largest absolute Gasteiger partial charge is 0.380 e. The van der Waals surface area contributed by atoms with Gasteiger partial charge in [-0.15, -0.1) is 0 Å². The van der Waals surface area contributed by atoms with Crippen molar-refractivity contribution in [2.24, 2.45) is 11.1 Å². The Hall–Kier alpha value is -1.83. The van der Waals surface area contributed by atoms with Gasteiger partial charge in [-0.05, 0) is 43.5 Å². The van der Waals surface area contributed by atoms with E-state index >= 15 is 0 Å². The molecule has 27 heavy (non-hydrogen) atoms. The zero-order valence-corrected chi connectivity index (χ0v) is 17.3. The van der Waals surface area contributed by atoms with Gasteiger partial charge in [0.25, 0.3) is 0 Å². The maximum atomic E-state index is 11.2. The standard InChI is InChI=1S/C20H30N4O2S/c1-19(2)18(9-11-20(19,3)21)23-16-10-12-24(14-16)17-7-5-15(6-8-17)13-22-27(4,25)26/h5-8,10,12,14,18,22-23H,9,11,13,21H2,1-4H3/t18-,20+/m1/s1. The lowest BCUT2D eigenvalue weighted by Gasteiger charge is -2.39. The first-order valence-corrected chi connectivity index (χ1v) is 11.1. The summed E-state index contributed by atoms with van der Waals surface area (Å²) in [5.74, 6) is 0. The molecule has 0 unspecified atom stereocenters. The van der Waals surface area contributed by atoms with Gasteiger partial charge in [-0.1, -0.05) is 26.0 Å². The topological polar surface area (TPSA) is 89.2 Å². The van der Waals surface area contributed by atoms with Crippen molar-refractivity contribution in [3.8, 4) is 5.69 Å². The van der Waals surface area contributed by atoms with Gasteiger partial charge in [-0.3, -0.25) is 0 Å². The summed E-state index contributed by atoms with van der Waals surface area (Å²) < 4.78 is 26.9. The van der Waals surface area contributed by atoms with Gasteiger partial charge in [0, 0.05) is 41.6 Å². The van der Waals surface area contributed by atoms with E-state index in [0.29, 0.717) is 12.6 Å². The second-order valence-corrected chi connectivity index (χ2v) is 10.3. The van der Waals surface area contributed by atoms with Crippen molar-refractivity contribution in [1.82, 2.24) is 9.29 Å². The summed E-state index contributed by atoms with van der Waals surface area (Å²) in [5, 5.41) is 3.65. The fraction of sp³-hybridized carbons (Fsp3) is 0.500. The van der Waals surface area contributed by atoms with Gasteiger partial charge < -0.3 is 15.6 Å². The molecule has 1 saturated carbocycles. The minimum Gasteiger partial charge on any atom is -0.380 e. The molecule has 4 N–H and O–H groups in total. The Balaban J connectivity index is 1.67. The average Bonchev–Trinajstić information content (AvgIpc) is 3.11. The zero-order valence-electron chi connectivity index (χ0n) is 16.5. The first-order chi connectivity index (χ1) is 12.5. The van der Waals surface area contributed by atoms with E-state index in [9.17, 15) is 8.42 Å². The molecule has 1 fully saturated rings. The zero-order chi connectivity index (χ0) is 19.9. The Kier molecular flexibility index (Phi) is 5.14. The van der Waals surface area contributed by atoms with Gasteiger partial charge in [0.2, 0.25) is 10.0 Å². The number of aromatic nitrogens is 1. The molecule has 0 bridgehead atoms. The van der Waals surface area contributed by atoms with Crippen molar-refractivity contribution in [1.29, 1.82) is 0 Å². The molecule has 3 rings (SSSR count). The van der Waals surface area contributed by atoms with Gasteiger partial charge in [0.1, 0.15) is 0 Å². The number of anilines is 1. The highest BCUT2D eigenvalue weighted by atomic mass is 32.2. The Bertz CT molecular complexity index is 898. The summed E-state index contributed by atoms with van der Waals surface area (Å²) in [6.07, 6.45) is 7.34. The smallest absolute Gasteiger partial charge is 0.209 e. The van der Waals surface area contributed by atoms with Gasteiger partial charge in [-0.2, -0.15) is 0 Å². The van der Waals surface area contributed by atoms with Crippen molar-refractivity contribution in [3.05, 3.63) is 48.3 Å². The van der Waals surface area contributed by atoms with Crippen LogP contribution in [0.4, 0.5) is 5.69 Å². The molecule has 0 radical (unpaired) electrons. The van der Waals surface area contributed by atoms with E-state index in [0.717, 1.165) is 36.0 Å². The van der Waals surface area contributed by atoms with E-state index in [4.69, 9.17) is 5.73 Å². The number of benzene rings is 1. The van der Waals surface area contributed by atoms with Crippen LogP contribution in [0.5, 0.6) is 0 Å². The van der Waals surface area contributed by atoms with Crippen LogP contribution in [0, 0.1) is 5.41 Å². The highest BCUT2D eigenvalue weighted by Crippen LogP contribution is 2.45. The van der Waals surface area contributed by atoms with Crippen LogP contribution in [-0.2, 0) is 16.6 Å². The monoisotopic (exact) mass is 390 g/mol. The molecular formula is C20H30N4O2S. The Labute approximate surface area is 162 Å². The quantitative estimate of drug-likeness (QED) is 0.708. The van der Waals surface area contributed by atoms with Crippen LogP contribution in [0.3, 0.4) is 0 Å². The summed E-state index contributed by atoms with van der Waals surface area (Å²) in [7, 11) is -3.18. The fourth-order valence-electron chi connectivity index (χ4n) is 3.62. The molecule has 1 heterocycles. The molecule has 7 heteroatoms. The van der Waals surface area contributed by atoms with E-state index in [1.165, 1.54) is 0 Å². The van der Waals surface area contributed by atoms with Crippen LogP contribution in [-0.4, -0.2) is 30.8 Å². The summed E-state index contributed by atoms with van der Waals surface area (Å²) in [6, 6.07) is 10.2. The van der Waals surface area contributed by atoms with E-state index < -0.39 is 10.0 Å². The Morgan fingerprint density at radius 2 is 1.85 bits per heavy atom. The number of nitrogens with zero attached hydrogens (tertiary/aromatic N) is 1. The molecule has 2 aromatic rings. The van der Waals surface area contributed by atoms with E-state index in [2.05, 4.69) is 47.6 Å². The maximum absolute atomic E-state index is 11.2. The predicted molar refractivity (Wildman–Crippen MR) is 110 cm³/mol. The SMILES string of the molecule is CC1(C)[C@H](Nc2ccn(-c3ccc(CNS(C)(=O)=O)cc3)c2)CC[C@]1(C)N. The molecule has 0 saturated heterocycles. The molecule has 1 aliphatic carbocycles. The van der Waals surface area contributed by atoms with Crippen molar-refractivity contribution < 1.29 is 8.42 Å². The van der Waals surface area contributed by atoms with Crippen molar-refractivity contribution >= 4 is 15.7 Å². The Morgan fingerprint density at radius 1 is 1.19 bits per heavy atom.